The molecule has 1 heterocycles. The van der Waals surface area contributed by atoms with Crippen LogP contribution in [0.5, 0.6) is 0 Å². The molecule has 78 valence electrons. The minimum Gasteiger partial charge on any atom is -0.370 e. The van der Waals surface area contributed by atoms with E-state index in [9.17, 15) is 4.79 Å². The summed E-state index contributed by atoms with van der Waals surface area (Å²) in [5.41, 5.74) is 5.85. The molecule has 1 saturated heterocycles. The molecule has 0 radical (unpaired) electrons. The fourth-order valence-electron chi connectivity index (χ4n) is 1.93. The molecular weight excluding hydrogens is 180 g/mol. The highest BCUT2D eigenvalue weighted by Gasteiger charge is 2.49. The Balaban J connectivity index is 1.87. The number of nitrogens with zero attached hydrogens (tertiary/aromatic N) is 1. The first-order chi connectivity index (χ1) is 6.65. The molecule has 1 unspecified atom stereocenters. The summed E-state index contributed by atoms with van der Waals surface area (Å²) >= 11 is 0. The zero-order valence-corrected chi connectivity index (χ0v) is 8.34. The molecule has 0 aromatic rings. The van der Waals surface area contributed by atoms with Crippen LogP contribution in [0, 0.1) is 5.41 Å². The van der Waals surface area contributed by atoms with E-state index in [4.69, 9.17) is 5.73 Å². The van der Waals surface area contributed by atoms with Gasteiger partial charge in [-0.2, -0.15) is 0 Å². The number of nitrogens with two attached hydrogens (primary N) is 1. The number of carbonyl (C=O) groups is 1. The van der Waals surface area contributed by atoms with Crippen molar-refractivity contribution in [2.45, 2.75) is 25.3 Å². The molecule has 1 amide bonds. The second-order valence-corrected chi connectivity index (χ2v) is 4.24. The number of carbonyl (C=O) groups excluding carboxylic acids is 1. The molecule has 5 heteroatoms. The normalized spacial score (nSPS) is 29.2. The van der Waals surface area contributed by atoms with Gasteiger partial charge in [-0.15, -0.1) is 0 Å². The van der Waals surface area contributed by atoms with Crippen molar-refractivity contribution in [1.82, 2.24) is 10.6 Å². The van der Waals surface area contributed by atoms with Crippen LogP contribution in [0.4, 0.5) is 0 Å². The van der Waals surface area contributed by atoms with Gasteiger partial charge in [-0.3, -0.25) is 15.1 Å². The predicted molar refractivity (Wildman–Crippen MR) is 53.8 cm³/mol. The van der Waals surface area contributed by atoms with Crippen LogP contribution < -0.4 is 16.4 Å². The highest BCUT2D eigenvalue weighted by molar-refractivity contribution is 5.98. The number of amides is 1. The van der Waals surface area contributed by atoms with Gasteiger partial charge >= 0.3 is 0 Å². The SMILES string of the molecule is CN=C(N)NC(=O)C1CC2(CC2)CN1. The molecule has 5 nitrogen and oxygen atoms in total. The topological polar surface area (TPSA) is 79.5 Å². The quantitative estimate of drug-likeness (QED) is 0.379. The molecule has 1 aliphatic carbocycles. The third-order valence-electron chi connectivity index (χ3n) is 3.13. The summed E-state index contributed by atoms with van der Waals surface area (Å²) in [5, 5.41) is 5.78. The van der Waals surface area contributed by atoms with Crippen LogP contribution in [0.3, 0.4) is 0 Å². The first-order valence-electron chi connectivity index (χ1n) is 4.92. The van der Waals surface area contributed by atoms with Gasteiger partial charge in [-0.05, 0) is 24.7 Å². The average molecular weight is 196 g/mol. The predicted octanol–water partition coefficient (Wildman–Crippen LogP) is -0.811. The van der Waals surface area contributed by atoms with Gasteiger partial charge in [0.05, 0.1) is 6.04 Å². The van der Waals surface area contributed by atoms with E-state index in [0.29, 0.717) is 5.41 Å². The minimum atomic E-state index is -0.0854. The van der Waals surface area contributed by atoms with E-state index in [-0.39, 0.29) is 17.9 Å². The van der Waals surface area contributed by atoms with Crippen LogP contribution in [-0.2, 0) is 4.79 Å². The van der Waals surface area contributed by atoms with E-state index in [2.05, 4.69) is 15.6 Å². The van der Waals surface area contributed by atoms with Crippen molar-refractivity contribution in [3.63, 3.8) is 0 Å². The van der Waals surface area contributed by atoms with E-state index in [0.717, 1.165) is 13.0 Å². The summed E-state index contributed by atoms with van der Waals surface area (Å²) < 4.78 is 0. The summed E-state index contributed by atoms with van der Waals surface area (Å²) in [5.74, 6) is 0.130. The molecule has 1 atom stereocenters. The maximum atomic E-state index is 11.6. The molecule has 1 spiro atoms. The molecule has 4 N–H and O–H groups in total. The van der Waals surface area contributed by atoms with Gasteiger partial charge in [0.2, 0.25) is 5.91 Å². The van der Waals surface area contributed by atoms with Gasteiger partial charge in [0.15, 0.2) is 5.96 Å². The maximum Gasteiger partial charge on any atom is 0.243 e. The molecular formula is C9H16N4O. The maximum absolute atomic E-state index is 11.6. The summed E-state index contributed by atoms with van der Waals surface area (Å²) in [6.07, 6.45) is 3.44. The van der Waals surface area contributed by atoms with Crippen LogP contribution in [0.1, 0.15) is 19.3 Å². The van der Waals surface area contributed by atoms with Crippen molar-refractivity contribution >= 4 is 11.9 Å². The van der Waals surface area contributed by atoms with Crippen LogP contribution in [0.25, 0.3) is 0 Å². The zero-order chi connectivity index (χ0) is 10.2. The number of hydrogen-bond acceptors (Lipinski definition) is 3. The Morgan fingerprint density at radius 3 is 2.86 bits per heavy atom. The number of hydrogen-bond donors (Lipinski definition) is 3. The fourth-order valence-corrected chi connectivity index (χ4v) is 1.93. The van der Waals surface area contributed by atoms with Crippen LogP contribution >= 0.6 is 0 Å². The van der Waals surface area contributed by atoms with Gasteiger partial charge in [0.1, 0.15) is 0 Å². The largest absolute Gasteiger partial charge is 0.370 e. The number of guanidine groups is 1. The Labute approximate surface area is 83.1 Å². The van der Waals surface area contributed by atoms with Crippen molar-refractivity contribution in [2.24, 2.45) is 16.1 Å². The smallest absolute Gasteiger partial charge is 0.243 e. The van der Waals surface area contributed by atoms with E-state index in [1.165, 1.54) is 12.8 Å². The lowest BCUT2D eigenvalue weighted by molar-refractivity contribution is -0.121. The van der Waals surface area contributed by atoms with Crippen molar-refractivity contribution in [1.29, 1.82) is 0 Å². The van der Waals surface area contributed by atoms with Crippen molar-refractivity contribution in [2.75, 3.05) is 13.6 Å². The van der Waals surface area contributed by atoms with Gasteiger partial charge in [0.25, 0.3) is 0 Å². The Morgan fingerprint density at radius 2 is 2.36 bits per heavy atom. The second kappa shape index (κ2) is 3.24. The lowest BCUT2D eigenvalue weighted by Crippen LogP contribution is -2.46. The molecule has 0 aromatic heterocycles. The molecule has 1 aliphatic heterocycles. The van der Waals surface area contributed by atoms with Crippen LogP contribution in [0.2, 0.25) is 0 Å². The zero-order valence-electron chi connectivity index (χ0n) is 8.34. The third-order valence-corrected chi connectivity index (χ3v) is 3.13. The van der Waals surface area contributed by atoms with E-state index < -0.39 is 0 Å². The van der Waals surface area contributed by atoms with E-state index in [1.807, 2.05) is 0 Å². The Morgan fingerprint density at radius 1 is 1.64 bits per heavy atom. The van der Waals surface area contributed by atoms with Crippen LogP contribution in [0.15, 0.2) is 4.99 Å². The van der Waals surface area contributed by atoms with Crippen LogP contribution in [-0.4, -0.2) is 31.5 Å². The molecule has 2 rings (SSSR count). The molecule has 14 heavy (non-hydrogen) atoms. The summed E-state index contributed by atoms with van der Waals surface area (Å²) in [7, 11) is 1.56. The summed E-state index contributed by atoms with van der Waals surface area (Å²) in [6.45, 7) is 0.967. The first-order valence-corrected chi connectivity index (χ1v) is 4.92. The lowest BCUT2D eigenvalue weighted by Gasteiger charge is -2.10. The lowest BCUT2D eigenvalue weighted by atomic mass is 10.0. The second-order valence-electron chi connectivity index (χ2n) is 4.24. The fraction of sp³-hybridized carbons (Fsp3) is 0.778. The third kappa shape index (κ3) is 1.72. The van der Waals surface area contributed by atoms with Crippen molar-refractivity contribution < 1.29 is 4.79 Å². The molecule has 2 aliphatic rings. The first kappa shape index (κ1) is 9.45. The highest BCUT2D eigenvalue weighted by atomic mass is 16.2. The summed E-state index contributed by atoms with van der Waals surface area (Å²) in [6, 6.07) is -0.0854. The molecule has 0 aromatic carbocycles. The van der Waals surface area contributed by atoms with Crippen molar-refractivity contribution in [3.05, 3.63) is 0 Å². The van der Waals surface area contributed by atoms with Gasteiger partial charge < -0.3 is 11.1 Å². The monoisotopic (exact) mass is 196 g/mol. The standard InChI is InChI=1S/C9H16N4O/c1-11-8(10)13-7(14)6-4-9(2-3-9)5-12-6/h6,12H,2-5H2,1H3,(H3,10,11,13,14). The number of aliphatic imine (C=N–C) groups is 1. The average Bonchev–Trinajstić information content (AvgIpc) is 2.76. The van der Waals surface area contributed by atoms with Gasteiger partial charge in [-0.1, -0.05) is 0 Å². The Hall–Kier alpha value is -1.10. The van der Waals surface area contributed by atoms with E-state index >= 15 is 0 Å². The van der Waals surface area contributed by atoms with E-state index in [1.54, 1.807) is 7.05 Å². The highest BCUT2D eigenvalue weighted by Crippen LogP contribution is 2.51. The number of nitrogens with one attached hydrogen (secondary N) is 2. The summed E-state index contributed by atoms with van der Waals surface area (Å²) in [4.78, 5) is 15.3. The molecule has 1 saturated carbocycles. The van der Waals surface area contributed by atoms with Gasteiger partial charge in [-0.25, -0.2) is 0 Å². The Bertz CT molecular complexity index is 283. The molecule has 0 bridgehead atoms. The molecule has 2 fully saturated rings. The number of rotatable bonds is 1. The van der Waals surface area contributed by atoms with Gasteiger partial charge in [0, 0.05) is 13.6 Å². The Kier molecular flexibility index (Phi) is 2.19. The minimum absolute atomic E-state index is 0.0584. The van der Waals surface area contributed by atoms with Crippen molar-refractivity contribution in [3.8, 4) is 0 Å².